The van der Waals surface area contributed by atoms with Crippen molar-refractivity contribution < 1.29 is 9.59 Å². The van der Waals surface area contributed by atoms with Crippen molar-refractivity contribution in [1.82, 2.24) is 0 Å². The molecule has 0 heterocycles. The average molecular weight is 324 g/mol. The van der Waals surface area contributed by atoms with Crippen molar-refractivity contribution in [2.24, 2.45) is 0 Å². The fourth-order valence-electron chi connectivity index (χ4n) is 2.41. The van der Waals surface area contributed by atoms with Crippen LogP contribution >= 0.6 is 0 Å². The molecule has 0 aliphatic heterocycles. The topological polar surface area (TPSA) is 49.4 Å². The molecule has 2 aromatic rings. The first-order valence-corrected chi connectivity index (χ1v) is 8.30. The van der Waals surface area contributed by atoms with Gasteiger partial charge in [-0.25, -0.2) is 0 Å². The molecule has 0 saturated heterocycles. The van der Waals surface area contributed by atoms with E-state index in [1.807, 2.05) is 54.6 Å². The van der Waals surface area contributed by atoms with Gasteiger partial charge in [0, 0.05) is 31.3 Å². The SMILES string of the molecule is CCc1ccc(NC(=O)CCCC(=O)N(C)c2ccccc2)cc1. The van der Waals surface area contributed by atoms with Crippen LogP contribution in [0.2, 0.25) is 0 Å². The second-order valence-corrected chi connectivity index (χ2v) is 5.74. The van der Waals surface area contributed by atoms with Crippen molar-refractivity contribution in [1.29, 1.82) is 0 Å². The number of amides is 2. The molecule has 4 nitrogen and oxygen atoms in total. The summed E-state index contributed by atoms with van der Waals surface area (Å²) in [5.41, 5.74) is 2.90. The molecule has 1 N–H and O–H groups in total. The second-order valence-electron chi connectivity index (χ2n) is 5.74. The number of aryl methyl sites for hydroxylation is 1. The third kappa shape index (κ3) is 5.23. The molecule has 2 rings (SSSR count). The lowest BCUT2D eigenvalue weighted by molar-refractivity contribution is -0.118. The van der Waals surface area contributed by atoms with Gasteiger partial charge < -0.3 is 10.2 Å². The van der Waals surface area contributed by atoms with E-state index < -0.39 is 0 Å². The Morgan fingerprint density at radius 3 is 2.25 bits per heavy atom. The molecule has 0 radical (unpaired) electrons. The summed E-state index contributed by atoms with van der Waals surface area (Å²) in [4.78, 5) is 25.7. The van der Waals surface area contributed by atoms with Gasteiger partial charge in [0.2, 0.25) is 11.8 Å². The largest absolute Gasteiger partial charge is 0.326 e. The molecule has 0 unspecified atom stereocenters. The minimum absolute atomic E-state index is 0.0151. The normalized spacial score (nSPS) is 10.2. The van der Waals surface area contributed by atoms with Crippen molar-refractivity contribution in [3.05, 3.63) is 60.2 Å². The molecular formula is C20H24N2O2. The Morgan fingerprint density at radius 2 is 1.62 bits per heavy atom. The number of para-hydroxylation sites is 1. The lowest BCUT2D eigenvalue weighted by Crippen LogP contribution is -2.26. The molecule has 0 atom stereocenters. The highest BCUT2D eigenvalue weighted by Gasteiger charge is 2.11. The zero-order valence-corrected chi connectivity index (χ0v) is 14.3. The Kier molecular flexibility index (Phi) is 6.55. The zero-order valence-electron chi connectivity index (χ0n) is 14.3. The van der Waals surface area contributed by atoms with Gasteiger partial charge in [0.1, 0.15) is 0 Å². The number of hydrogen-bond donors (Lipinski definition) is 1. The lowest BCUT2D eigenvalue weighted by Gasteiger charge is -2.17. The van der Waals surface area contributed by atoms with E-state index >= 15 is 0 Å². The Bertz CT molecular complexity index is 666. The molecule has 0 aliphatic rings. The maximum Gasteiger partial charge on any atom is 0.226 e. The summed E-state index contributed by atoms with van der Waals surface area (Å²) in [5.74, 6) is -0.0456. The standard InChI is InChI=1S/C20H24N2O2/c1-3-16-12-14-17(15-13-16)21-19(23)10-7-11-20(24)22(2)18-8-5-4-6-9-18/h4-6,8-9,12-15H,3,7,10-11H2,1-2H3,(H,21,23). The second kappa shape index (κ2) is 8.87. The number of nitrogens with one attached hydrogen (secondary N) is 1. The highest BCUT2D eigenvalue weighted by atomic mass is 16.2. The summed E-state index contributed by atoms with van der Waals surface area (Å²) < 4.78 is 0. The number of carbonyl (C=O) groups excluding carboxylic acids is 2. The van der Waals surface area contributed by atoms with Crippen LogP contribution in [0.4, 0.5) is 11.4 Å². The molecule has 0 aliphatic carbocycles. The van der Waals surface area contributed by atoms with Gasteiger partial charge >= 0.3 is 0 Å². The molecule has 2 amide bonds. The van der Waals surface area contributed by atoms with Crippen molar-refractivity contribution in [3.8, 4) is 0 Å². The maximum atomic E-state index is 12.1. The van der Waals surface area contributed by atoms with Crippen molar-refractivity contribution in [3.63, 3.8) is 0 Å². The fourth-order valence-corrected chi connectivity index (χ4v) is 2.41. The average Bonchev–Trinajstić information content (AvgIpc) is 2.62. The summed E-state index contributed by atoms with van der Waals surface area (Å²) in [6.45, 7) is 2.09. The number of hydrogen-bond acceptors (Lipinski definition) is 2. The summed E-state index contributed by atoms with van der Waals surface area (Å²) in [5, 5.41) is 2.86. The van der Waals surface area contributed by atoms with Crippen molar-refractivity contribution in [2.45, 2.75) is 32.6 Å². The van der Waals surface area contributed by atoms with Gasteiger partial charge in [-0.1, -0.05) is 37.3 Å². The molecule has 126 valence electrons. The van der Waals surface area contributed by atoms with Crippen LogP contribution in [-0.4, -0.2) is 18.9 Å². The highest BCUT2D eigenvalue weighted by molar-refractivity contribution is 5.94. The molecule has 0 bridgehead atoms. The Hall–Kier alpha value is -2.62. The fraction of sp³-hybridized carbons (Fsp3) is 0.300. The maximum absolute atomic E-state index is 12.1. The van der Waals surface area contributed by atoms with E-state index in [9.17, 15) is 9.59 Å². The molecule has 0 aromatic heterocycles. The summed E-state index contributed by atoms with van der Waals surface area (Å²) in [6, 6.07) is 17.3. The summed E-state index contributed by atoms with van der Waals surface area (Å²) in [6.07, 6.45) is 2.21. The predicted molar refractivity (Wildman–Crippen MR) is 98.2 cm³/mol. The number of carbonyl (C=O) groups is 2. The van der Waals surface area contributed by atoms with Gasteiger partial charge in [-0.15, -0.1) is 0 Å². The van der Waals surface area contributed by atoms with Crippen LogP contribution in [-0.2, 0) is 16.0 Å². The molecule has 0 spiro atoms. The van der Waals surface area contributed by atoms with Gasteiger partial charge in [-0.2, -0.15) is 0 Å². The van der Waals surface area contributed by atoms with Gasteiger partial charge in [0.15, 0.2) is 0 Å². The smallest absolute Gasteiger partial charge is 0.226 e. The Labute approximate surface area is 143 Å². The van der Waals surface area contributed by atoms with Crippen LogP contribution in [0.5, 0.6) is 0 Å². The van der Waals surface area contributed by atoms with E-state index in [1.54, 1.807) is 11.9 Å². The van der Waals surface area contributed by atoms with Crippen molar-refractivity contribution >= 4 is 23.2 Å². The van der Waals surface area contributed by atoms with E-state index in [2.05, 4.69) is 12.2 Å². The summed E-state index contributed by atoms with van der Waals surface area (Å²) >= 11 is 0. The molecule has 4 heteroatoms. The number of anilines is 2. The van der Waals surface area contributed by atoms with E-state index in [-0.39, 0.29) is 11.8 Å². The predicted octanol–water partition coefficient (Wildman–Crippen LogP) is 4.02. The quantitative estimate of drug-likeness (QED) is 0.836. The number of rotatable bonds is 7. The Balaban J connectivity index is 1.74. The molecule has 24 heavy (non-hydrogen) atoms. The van der Waals surface area contributed by atoms with Crippen LogP contribution in [0.3, 0.4) is 0 Å². The minimum Gasteiger partial charge on any atom is -0.326 e. The lowest BCUT2D eigenvalue weighted by atomic mass is 10.1. The highest BCUT2D eigenvalue weighted by Crippen LogP contribution is 2.14. The molecule has 2 aromatic carbocycles. The third-order valence-electron chi connectivity index (χ3n) is 3.96. The first kappa shape index (κ1) is 17.7. The molecule has 0 fully saturated rings. The first-order chi connectivity index (χ1) is 11.6. The Morgan fingerprint density at radius 1 is 0.958 bits per heavy atom. The van der Waals surface area contributed by atoms with Crippen LogP contribution < -0.4 is 10.2 Å². The van der Waals surface area contributed by atoms with Crippen molar-refractivity contribution in [2.75, 3.05) is 17.3 Å². The van der Waals surface area contributed by atoms with E-state index in [1.165, 1.54) is 5.56 Å². The molecule has 0 saturated carbocycles. The summed E-state index contributed by atoms with van der Waals surface area (Å²) in [7, 11) is 1.76. The van der Waals surface area contributed by atoms with Crippen LogP contribution in [0, 0.1) is 0 Å². The van der Waals surface area contributed by atoms with E-state index in [0.717, 1.165) is 17.8 Å². The van der Waals surface area contributed by atoms with E-state index in [4.69, 9.17) is 0 Å². The number of nitrogens with zero attached hydrogens (tertiary/aromatic N) is 1. The van der Waals surface area contributed by atoms with E-state index in [0.29, 0.717) is 19.3 Å². The zero-order chi connectivity index (χ0) is 17.4. The van der Waals surface area contributed by atoms with Gasteiger partial charge in [-0.05, 0) is 42.7 Å². The first-order valence-electron chi connectivity index (χ1n) is 8.30. The number of benzene rings is 2. The minimum atomic E-state index is -0.0607. The van der Waals surface area contributed by atoms with Crippen LogP contribution in [0.1, 0.15) is 31.7 Å². The third-order valence-corrected chi connectivity index (χ3v) is 3.96. The van der Waals surface area contributed by atoms with Gasteiger partial charge in [0.25, 0.3) is 0 Å². The molecular weight excluding hydrogens is 300 g/mol. The van der Waals surface area contributed by atoms with Crippen LogP contribution in [0.15, 0.2) is 54.6 Å². The van der Waals surface area contributed by atoms with Gasteiger partial charge in [0.05, 0.1) is 0 Å². The monoisotopic (exact) mass is 324 g/mol. The van der Waals surface area contributed by atoms with Gasteiger partial charge in [-0.3, -0.25) is 9.59 Å². The van der Waals surface area contributed by atoms with Crippen LogP contribution in [0.25, 0.3) is 0 Å².